The van der Waals surface area contributed by atoms with Crippen molar-refractivity contribution in [1.29, 1.82) is 0 Å². The van der Waals surface area contributed by atoms with Crippen LogP contribution in [0.3, 0.4) is 0 Å². The van der Waals surface area contributed by atoms with Crippen molar-refractivity contribution in [2.24, 2.45) is 22.7 Å². The smallest absolute Gasteiger partial charge is 0.333 e. The molecule has 3 rings (SSSR count). The number of fused-ring (bicyclic) bond motifs is 1. The first-order valence-electron chi connectivity index (χ1n) is 9.47. The molecule has 2 fully saturated rings. The molecule has 6 atom stereocenters. The van der Waals surface area contributed by atoms with Gasteiger partial charge in [0, 0.05) is 28.9 Å². The molecule has 0 radical (unpaired) electrons. The van der Waals surface area contributed by atoms with Gasteiger partial charge in [-0.25, -0.2) is 4.79 Å². The third-order valence-corrected chi connectivity index (χ3v) is 7.37. The minimum absolute atomic E-state index is 0.173. The highest BCUT2D eigenvalue weighted by molar-refractivity contribution is 5.88. The standard InChI is InChI=1S/C20H30O6/c1-11-14(22)15(23)16-18(2,3)7-5-8-19(16,4)20(11,25)9-6-12-10-13(21)26-17(12)24/h10-11,14,16-17,22,24-25H,5-9H2,1-4H3/t11-,14-,16+,17?,19+,20-/m1/s1. The first-order valence-corrected chi connectivity index (χ1v) is 9.47. The van der Waals surface area contributed by atoms with E-state index in [0.717, 1.165) is 12.8 Å². The van der Waals surface area contributed by atoms with Gasteiger partial charge in [-0.15, -0.1) is 0 Å². The Kier molecular flexibility index (Phi) is 4.61. The second-order valence-electron chi connectivity index (χ2n) is 9.26. The molecule has 2 aliphatic carbocycles. The number of esters is 1. The van der Waals surface area contributed by atoms with Gasteiger partial charge in [0.2, 0.25) is 6.29 Å². The maximum absolute atomic E-state index is 13.0. The summed E-state index contributed by atoms with van der Waals surface area (Å²) >= 11 is 0. The van der Waals surface area contributed by atoms with Gasteiger partial charge >= 0.3 is 5.97 Å². The largest absolute Gasteiger partial charge is 0.429 e. The lowest BCUT2D eigenvalue weighted by atomic mass is 9.43. The van der Waals surface area contributed by atoms with E-state index in [1.165, 1.54) is 6.08 Å². The van der Waals surface area contributed by atoms with Crippen LogP contribution in [0.15, 0.2) is 11.6 Å². The Morgan fingerprint density at radius 1 is 1.19 bits per heavy atom. The Balaban J connectivity index is 1.96. The number of Topliss-reactive ketones (excluding diaryl/α,β-unsaturated/α-hetero) is 1. The molecule has 2 saturated carbocycles. The lowest BCUT2D eigenvalue weighted by Gasteiger charge is -2.63. The lowest BCUT2D eigenvalue weighted by molar-refractivity contribution is -0.229. The Morgan fingerprint density at radius 3 is 2.42 bits per heavy atom. The number of carbonyl (C=O) groups excluding carboxylic acids is 2. The molecule has 0 saturated heterocycles. The van der Waals surface area contributed by atoms with Crippen molar-refractivity contribution < 1.29 is 29.6 Å². The molecule has 0 aromatic rings. The molecule has 1 heterocycles. The summed E-state index contributed by atoms with van der Waals surface area (Å²) in [6.07, 6.45) is 1.79. The normalized spacial score (nSPS) is 45.1. The number of ether oxygens (including phenoxy) is 1. The fraction of sp³-hybridized carbons (Fsp3) is 0.800. The highest BCUT2D eigenvalue weighted by atomic mass is 16.6. The third kappa shape index (κ3) is 2.65. The van der Waals surface area contributed by atoms with E-state index in [1.54, 1.807) is 6.92 Å². The highest BCUT2D eigenvalue weighted by Gasteiger charge is 2.66. The fourth-order valence-corrected chi connectivity index (χ4v) is 5.91. The van der Waals surface area contributed by atoms with Crippen LogP contribution in [0, 0.1) is 22.7 Å². The molecule has 0 bridgehead atoms. The van der Waals surface area contributed by atoms with Crippen LogP contribution in [-0.4, -0.2) is 45.1 Å². The molecule has 3 aliphatic rings. The van der Waals surface area contributed by atoms with Crippen molar-refractivity contribution >= 4 is 11.8 Å². The monoisotopic (exact) mass is 366 g/mol. The van der Waals surface area contributed by atoms with Crippen LogP contribution in [0.2, 0.25) is 0 Å². The lowest BCUT2D eigenvalue weighted by Crippen LogP contribution is -2.69. The van der Waals surface area contributed by atoms with E-state index in [0.29, 0.717) is 12.0 Å². The molecule has 26 heavy (non-hydrogen) atoms. The number of rotatable bonds is 3. The zero-order valence-corrected chi connectivity index (χ0v) is 16.0. The molecule has 6 heteroatoms. The number of aliphatic hydroxyl groups excluding tert-OH is 2. The van der Waals surface area contributed by atoms with Gasteiger partial charge in [-0.1, -0.05) is 34.1 Å². The first kappa shape index (κ1) is 19.5. The van der Waals surface area contributed by atoms with E-state index >= 15 is 0 Å². The molecule has 0 aromatic heterocycles. The maximum atomic E-state index is 13.0. The van der Waals surface area contributed by atoms with Gasteiger partial charge in [-0.05, 0) is 31.1 Å². The van der Waals surface area contributed by atoms with Gasteiger partial charge in [-0.3, -0.25) is 4.79 Å². The van der Waals surface area contributed by atoms with Crippen LogP contribution in [0.5, 0.6) is 0 Å². The maximum Gasteiger partial charge on any atom is 0.333 e. The zero-order chi connectivity index (χ0) is 19.5. The van der Waals surface area contributed by atoms with Crippen LogP contribution in [0.25, 0.3) is 0 Å². The van der Waals surface area contributed by atoms with Crippen molar-refractivity contribution in [2.45, 2.75) is 77.8 Å². The van der Waals surface area contributed by atoms with Crippen LogP contribution in [0.1, 0.15) is 59.8 Å². The number of hydrogen-bond donors (Lipinski definition) is 3. The van der Waals surface area contributed by atoms with Crippen LogP contribution in [-0.2, 0) is 14.3 Å². The van der Waals surface area contributed by atoms with Crippen molar-refractivity contribution in [3.8, 4) is 0 Å². The van der Waals surface area contributed by atoms with Gasteiger partial charge < -0.3 is 20.1 Å². The third-order valence-electron chi connectivity index (χ3n) is 7.37. The summed E-state index contributed by atoms with van der Waals surface area (Å²) in [7, 11) is 0. The number of ketones is 1. The van der Waals surface area contributed by atoms with Crippen LogP contribution in [0.4, 0.5) is 0 Å². The summed E-state index contributed by atoms with van der Waals surface area (Å²) in [6.45, 7) is 7.74. The Morgan fingerprint density at radius 2 is 1.85 bits per heavy atom. The zero-order valence-electron chi connectivity index (χ0n) is 16.0. The molecule has 1 aliphatic heterocycles. The number of aliphatic hydroxyl groups is 3. The summed E-state index contributed by atoms with van der Waals surface area (Å²) in [5.74, 6) is -1.82. The number of cyclic esters (lactones) is 1. The van der Waals surface area contributed by atoms with Gasteiger partial charge in [0.25, 0.3) is 0 Å². The van der Waals surface area contributed by atoms with Crippen LogP contribution >= 0.6 is 0 Å². The second kappa shape index (κ2) is 6.14. The van der Waals surface area contributed by atoms with E-state index in [4.69, 9.17) is 4.74 Å². The van der Waals surface area contributed by atoms with Crippen LogP contribution < -0.4 is 0 Å². The number of carbonyl (C=O) groups is 2. The summed E-state index contributed by atoms with van der Waals surface area (Å²) in [6, 6.07) is 0. The Bertz CT molecular complexity index is 653. The Labute approximate surface area is 154 Å². The molecular formula is C20H30O6. The molecule has 146 valence electrons. The number of hydrogen-bond acceptors (Lipinski definition) is 6. The van der Waals surface area contributed by atoms with Crippen molar-refractivity contribution in [3.05, 3.63) is 11.6 Å². The average Bonchev–Trinajstić information content (AvgIpc) is 2.86. The van der Waals surface area contributed by atoms with E-state index in [9.17, 15) is 24.9 Å². The molecule has 0 spiro atoms. The minimum atomic E-state index is -1.28. The quantitative estimate of drug-likeness (QED) is 0.657. The predicted octanol–water partition coefficient (Wildman–Crippen LogP) is 1.71. The summed E-state index contributed by atoms with van der Waals surface area (Å²) in [4.78, 5) is 24.3. The van der Waals surface area contributed by atoms with Gasteiger partial charge in [0.05, 0.1) is 5.60 Å². The minimum Gasteiger partial charge on any atom is -0.429 e. The van der Waals surface area contributed by atoms with Crippen molar-refractivity contribution in [2.75, 3.05) is 0 Å². The van der Waals surface area contributed by atoms with Crippen molar-refractivity contribution in [1.82, 2.24) is 0 Å². The SMILES string of the molecule is C[C@@H]1[C@@H](O)C(=O)[C@H]2C(C)(C)CCC[C@]2(C)[C@@]1(O)CCC1=CC(=O)OC1O. The molecule has 0 amide bonds. The summed E-state index contributed by atoms with van der Waals surface area (Å²) < 4.78 is 4.72. The first-order chi connectivity index (χ1) is 11.9. The van der Waals surface area contributed by atoms with E-state index in [-0.39, 0.29) is 24.0 Å². The van der Waals surface area contributed by atoms with Gasteiger partial charge in [0.1, 0.15) is 6.10 Å². The fourth-order valence-electron chi connectivity index (χ4n) is 5.91. The predicted molar refractivity (Wildman–Crippen MR) is 93.8 cm³/mol. The van der Waals surface area contributed by atoms with Gasteiger partial charge in [-0.2, -0.15) is 0 Å². The van der Waals surface area contributed by atoms with E-state index < -0.39 is 41.2 Å². The molecular weight excluding hydrogens is 336 g/mol. The van der Waals surface area contributed by atoms with E-state index in [1.807, 2.05) is 20.8 Å². The summed E-state index contributed by atoms with van der Waals surface area (Å²) in [5.41, 5.74) is -1.82. The second-order valence-corrected chi connectivity index (χ2v) is 9.26. The highest BCUT2D eigenvalue weighted by Crippen LogP contribution is 2.62. The van der Waals surface area contributed by atoms with E-state index in [2.05, 4.69) is 0 Å². The summed E-state index contributed by atoms with van der Waals surface area (Å²) in [5, 5.41) is 32.2. The Hall–Kier alpha value is -1.24. The molecule has 0 aromatic carbocycles. The van der Waals surface area contributed by atoms with Crippen molar-refractivity contribution in [3.63, 3.8) is 0 Å². The molecule has 3 N–H and O–H groups in total. The topological polar surface area (TPSA) is 104 Å². The molecule has 6 nitrogen and oxygen atoms in total. The molecule has 1 unspecified atom stereocenters. The van der Waals surface area contributed by atoms with Gasteiger partial charge in [0.15, 0.2) is 5.78 Å². The average molecular weight is 366 g/mol.